The quantitative estimate of drug-likeness (QED) is 0.824. The van der Waals surface area contributed by atoms with E-state index in [2.05, 4.69) is 10.9 Å². The Morgan fingerprint density at radius 2 is 2.00 bits per heavy atom. The van der Waals surface area contributed by atoms with E-state index in [4.69, 9.17) is 28.9 Å². The molecule has 0 amide bonds. The number of halogens is 1. The summed E-state index contributed by atoms with van der Waals surface area (Å²) in [6.07, 6.45) is 5.27. The summed E-state index contributed by atoms with van der Waals surface area (Å²) in [5, 5.41) is 8.96. The zero-order chi connectivity index (χ0) is 14.0. The van der Waals surface area contributed by atoms with E-state index in [1.165, 1.54) is 6.07 Å². The van der Waals surface area contributed by atoms with Crippen LogP contribution < -0.4 is 5.73 Å². The van der Waals surface area contributed by atoms with Gasteiger partial charge in [0.05, 0.1) is 16.4 Å². The summed E-state index contributed by atoms with van der Waals surface area (Å²) in [7, 11) is 0. The SMILES string of the molecule is C#Cc1ccc(-c2cc(N)c(Cl)c(C(=O)O)n2)cc1. The predicted molar refractivity (Wildman–Crippen MR) is 74.0 cm³/mol. The van der Waals surface area contributed by atoms with Gasteiger partial charge in [0.2, 0.25) is 0 Å². The maximum atomic E-state index is 11.0. The molecule has 5 heteroatoms. The highest BCUT2D eigenvalue weighted by molar-refractivity contribution is 6.35. The van der Waals surface area contributed by atoms with Crippen molar-refractivity contribution in [2.75, 3.05) is 5.73 Å². The second-order valence-electron chi connectivity index (χ2n) is 3.79. The lowest BCUT2D eigenvalue weighted by Gasteiger charge is -2.07. The van der Waals surface area contributed by atoms with Crippen LogP contribution in [0.3, 0.4) is 0 Å². The number of carbonyl (C=O) groups is 1. The third kappa shape index (κ3) is 2.51. The van der Waals surface area contributed by atoms with Crippen molar-refractivity contribution in [1.82, 2.24) is 4.98 Å². The fourth-order valence-corrected chi connectivity index (χ4v) is 1.75. The summed E-state index contributed by atoms with van der Waals surface area (Å²) in [6, 6.07) is 8.50. The molecule has 1 aromatic heterocycles. The van der Waals surface area contributed by atoms with Gasteiger partial charge in [-0.3, -0.25) is 0 Å². The van der Waals surface area contributed by atoms with Gasteiger partial charge in [0.1, 0.15) is 0 Å². The number of carboxylic acid groups (broad SMARTS) is 1. The van der Waals surface area contributed by atoms with E-state index in [-0.39, 0.29) is 16.4 Å². The maximum absolute atomic E-state index is 11.0. The first-order valence-electron chi connectivity index (χ1n) is 5.29. The molecule has 1 heterocycles. The third-order valence-electron chi connectivity index (χ3n) is 2.54. The van der Waals surface area contributed by atoms with E-state index in [0.717, 1.165) is 5.56 Å². The molecule has 0 fully saturated rings. The Morgan fingerprint density at radius 3 is 2.53 bits per heavy atom. The zero-order valence-electron chi connectivity index (χ0n) is 9.72. The van der Waals surface area contributed by atoms with E-state index in [9.17, 15) is 4.79 Å². The molecule has 0 bridgehead atoms. The van der Waals surface area contributed by atoms with Gasteiger partial charge >= 0.3 is 5.97 Å². The molecule has 0 atom stereocenters. The molecule has 0 radical (unpaired) electrons. The van der Waals surface area contributed by atoms with E-state index in [1.54, 1.807) is 24.3 Å². The van der Waals surface area contributed by atoms with Crippen LogP contribution in [0.4, 0.5) is 5.69 Å². The van der Waals surface area contributed by atoms with Gasteiger partial charge in [0.25, 0.3) is 0 Å². The van der Waals surface area contributed by atoms with Crippen LogP contribution in [-0.2, 0) is 0 Å². The Bertz CT molecular complexity index is 688. The smallest absolute Gasteiger partial charge is 0.356 e. The molecule has 19 heavy (non-hydrogen) atoms. The molecule has 0 saturated heterocycles. The van der Waals surface area contributed by atoms with Crippen LogP contribution in [0.2, 0.25) is 5.02 Å². The van der Waals surface area contributed by atoms with Crippen molar-refractivity contribution in [3.8, 4) is 23.6 Å². The first-order valence-corrected chi connectivity index (χ1v) is 5.67. The van der Waals surface area contributed by atoms with Gasteiger partial charge in [0, 0.05) is 11.1 Å². The third-order valence-corrected chi connectivity index (χ3v) is 2.93. The van der Waals surface area contributed by atoms with E-state index in [0.29, 0.717) is 11.3 Å². The number of rotatable bonds is 2. The first kappa shape index (κ1) is 12.9. The molecule has 2 rings (SSSR count). The Hall–Kier alpha value is -2.51. The van der Waals surface area contributed by atoms with Crippen LogP contribution in [-0.4, -0.2) is 16.1 Å². The molecule has 1 aromatic carbocycles. The first-order chi connectivity index (χ1) is 9.02. The summed E-state index contributed by atoms with van der Waals surface area (Å²) in [4.78, 5) is 15.0. The maximum Gasteiger partial charge on any atom is 0.356 e. The standard InChI is InChI=1S/C14H9ClN2O2/c1-2-8-3-5-9(6-4-8)11-7-10(16)12(15)13(17-11)14(18)19/h1,3-7H,(H2,16,17)(H,18,19). The second kappa shape index (κ2) is 5.01. The number of benzene rings is 1. The van der Waals surface area contributed by atoms with Gasteiger partial charge < -0.3 is 10.8 Å². The van der Waals surface area contributed by atoms with E-state index in [1.807, 2.05) is 0 Å². The number of nitrogens with two attached hydrogens (primary N) is 1. The van der Waals surface area contributed by atoms with Crippen LogP contribution in [0, 0.1) is 12.3 Å². The number of hydrogen-bond acceptors (Lipinski definition) is 3. The Kier molecular flexibility index (Phi) is 3.41. The molecule has 0 aliphatic rings. The van der Waals surface area contributed by atoms with Crippen molar-refractivity contribution < 1.29 is 9.90 Å². The normalized spacial score (nSPS) is 9.89. The summed E-state index contributed by atoms with van der Waals surface area (Å²) >= 11 is 5.80. The number of anilines is 1. The highest BCUT2D eigenvalue weighted by Crippen LogP contribution is 2.28. The zero-order valence-corrected chi connectivity index (χ0v) is 10.5. The van der Waals surface area contributed by atoms with Crippen LogP contribution in [0.5, 0.6) is 0 Å². The minimum absolute atomic E-state index is 0.0588. The highest BCUT2D eigenvalue weighted by Gasteiger charge is 2.15. The van der Waals surface area contributed by atoms with Crippen molar-refractivity contribution in [2.45, 2.75) is 0 Å². The lowest BCUT2D eigenvalue weighted by Crippen LogP contribution is -2.05. The summed E-state index contributed by atoms with van der Waals surface area (Å²) in [5.41, 5.74) is 7.46. The van der Waals surface area contributed by atoms with Gasteiger partial charge in [0.15, 0.2) is 5.69 Å². The topological polar surface area (TPSA) is 76.2 Å². The number of carboxylic acids is 1. The van der Waals surface area contributed by atoms with Crippen LogP contribution in [0.15, 0.2) is 30.3 Å². The van der Waals surface area contributed by atoms with Crippen molar-refractivity contribution >= 4 is 23.3 Å². The molecule has 0 unspecified atom stereocenters. The lowest BCUT2D eigenvalue weighted by molar-refractivity contribution is 0.0691. The van der Waals surface area contributed by atoms with Gasteiger partial charge in [-0.25, -0.2) is 9.78 Å². The summed E-state index contributed by atoms with van der Waals surface area (Å²) in [6.45, 7) is 0. The monoisotopic (exact) mass is 272 g/mol. The molecule has 2 aromatic rings. The molecular weight excluding hydrogens is 264 g/mol. The van der Waals surface area contributed by atoms with Gasteiger partial charge in [-0.15, -0.1) is 6.42 Å². The molecule has 3 N–H and O–H groups in total. The lowest BCUT2D eigenvalue weighted by atomic mass is 10.1. The average Bonchev–Trinajstić information content (AvgIpc) is 2.41. The van der Waals surface area contributed by atoms with Crippen molar-refractivity contribution in [3.63, 3.8) is 0 Å². The number of aromatic carboxylic acids is 1. The number of terminal acetylenes is 1. The minimum Gasteiger partial charge on any atom is -0.476 e. The Labute approximate surface area is 114 Å². The number of hydrogen-bond donors (Lipinski definition) is 2. The average molecular weight is 273 g/mol. The molecule has 0 aliphatic carbocycles. The molecule has 94 valence electrons. The van der Waals surface area contributed by atoms with E-state index >= 15 is 0 Å². The molecular formula is C14H9ClN2O2. The van der Waals surface area contributed by atoms with Crippen molar-refractivity contribution in [1.29, 1.82) is 0 Å². The number of nitrogen functional groups attached to an aromatic ring is 1. The second-order valence-corrected chi connectivity index (χ2v) is 4.16. The van der Waals surface area contributed by atoms with Gasteiger partial charge in [-0.1, -0.05) is 29.7 Å². The highest BCUT2D eigenvalue weighted by atomic mass is 35.5. The van der Waals surface area contributed by atoms with Crippen LogP contribution >= 0.6 is 11.6 Å². The van der Waals surface area contributed by atoms with Gasteiger partial charge in [-0.05, 0) is 18.2 Å². The number of pyridine rings is 1. The summed E-state index contributed by atoms with van der Waals surface area (Å²) in [5.74, 6) is 1.27. The van der Waals surface area contributed by atoms with Gasteiger partial charge in [-0.2, -0.15) is 0 Å². The minimum atomic E-state index is -1.22. The fourth-order valence-electron chi connectivity index (χ4n) is 1.58. The number of aromatic nitrogens is 1. The molecule has 0 saturated carbocycles. The fraction of sp³-hybridized carbons (Fsp3) is 0. The molecule has 0 aliphatic heterocycles. The van der Waals surface area contributed by atoms with Crippen LogP contribution in [0.1, 0.15) is 16.1 Å². The Morgan fingerprint density at radius 1 is 1.37 bits per heavy atom. The van der Waals surface area contributed by atoms with Crippen LogP contribution in [0.25, 0.3) is 11.3 Å². The molecule has 0 spiro atoms. The van der Waals surface area contributed by atoms with E-state index < -0.39 is 5.97 Å². The van der Waals surface area contributed by atoms with Crippen molar-refractivity contribution in [3.05, 3.63) is 46.6 Å². The Balaban J connectivity index is 2.56. The summed E-state index contributed by atoms with van der Waals surface area (Å²) < 4.78 is 0. The largest absolute Gasteiger partial charge is 0.476 e. The van der Waals surface area contributed by atoms with Crippen molar-refractivity contribution in [2.24, 2.45) is 0 Å². The molecule has 4 nitrogen and oxygen atoms in total. The number of nitrogens with zero attached hydrogens (tertiary/aromatic N) is 1. The predicted octanol–water partition coefficient (Wildman–Crippen LogP) is 2.66.